The first-order valence-electron chi connectivity index (χ1n) is 6.55. The Labute approximate surface area is 103 Å². The van der Waals surface area contributed by atoms with E-state index in [2.05, 4.69) is 26.1 Å². The van der Waals surface area contributed by atoms with Gasteiger partial charge in [0.2, 0.25) is 0 Å². The lowest BCUT2D eigenvalue weighted by molar-refractivity contribution is -0.0918. The average Bonchev–Trinajstić information content (AvgIpc) is 2.93. The van der Waals surface area contributed by atoms with Crippen molar-refractivity contribution in [2.75, 3.05) is 19.6 Å². The molecule has 1 saturated heterocycles. The van der Waals surface area contributed by atoms with Crippen LogP contribution in [0.3, 0.4) is 0 Å². The van der Waals surface area contributed by atoms with E-state index in [0.717, 1.165) is 19.3 Å². The molecule has 98 valence electrons. The highest BCUT2D eigenvalue weighted by Crippen LogP contribution is 2.44. The summed E-state index contributed by atoms with van der Waals surface area (Å²) in [6.45, 7) is 8.22. The lowest BCUT2D eigenvalue weighted by Gasteiger charge is -2.46. The summed E-state index contributed by atoms with van der Waals surface area (Å²) in [5.41, 5.74) is -0.321. The van der Waals surface area contributed by atoms with E-state index in [0.29, 0.717) is 25.6 Å². The molecule has 4 nitrogen and oxygen atoms in total. The molecule has 0 radical (unpaired) electrons. The molecular formula is C13H24N2O2. The van der Waals surface area contributed by atoms with Crippen LogP contribution in [-0.4, -0.2) is 41.3 Å². The van der Waals surface area contributed by atoms with Gasteiger partial charge >= 0.3 is 6.03 Å². The number of β-amino-alcohol motifs (C(OH)–C–C–N with tert-alkyl or cyclic N) is 1. The minimum atomic E-state index is -0.568. The minimum absolute atomic E-state index is 0.0282. The first-order valence-corrected chi connectivity index (χ1v) is 6.55. The number of nitrogens with one attached hydrogen (secondary N) is 1. The molecule has 0 aromatic rings. The van der Waals surface area contributed by atoms with Crippen LogP contribution in [0.5, 0.6) is 0 Å². The summed E-state index contributed by atoms with van der Waals surface area (Å²) in [6.07, 6.45) is 3.21. The number of rotatable bonds is 3. The Bertz CT molecular complexity index is 299. The fourth-order valence-corrected chi connectivity index (χ4v) is 2.29. The molecule has 1 aliphatic heterocycles. The predicted octanol–water partition coefficient (Wildman–Crippen LogP) is 1.59. The normalized spacial score (nSPS) is 23.2. The van der Waals surface area contributed by atoms with Gasteiger partial charge in [-0.15, -0.1) is 0 Å². The van der Waals surface area contributed by atoms with E-state index in [4.69, 9.17) is 0 Å². The quantitative estimate of drug-likeness (QED) is 0.787. The molecule has 2 aliphatic rings. The molecule has 2 fully saturated rings. The fourth-order valence-electron chi connectivity index (χ4n) is 2.29. The van der Waals surface area contributed by atoms with E-state index >= 15 is 0 Å². The highest BCUT2D eigenvalue weighted by atomic mass is 16.3. The number of carbonyl (C=O) groups excluding carboxylic acids is 1. The summed E-state index contributed by atoms with van der Waals surface area (Å²) < 4.78 is 0. The number of nitrogens with zero attached hydrogens (tertiary/aromatic N) is 1. The largest absolute Gasteiger partial charge is 0.386 e. The smallest absolute Gasteiger partial charge is 0.317 e. The first-order chi connectivity index (χ1) is 7.80. The third-order valence-corrected chi connectivity index (χ3v) is 3.71. The van der Waals surface area contributed by atoms with Crippen LogP contribution in [-0.2, 0) is 0 Å². The maximum absolute atomic E-state index is 11.7. The maximum Gasteiger partial charge on any atom is 0.317 e. The lowest BCUT2D eigenvalue weighted by atomic mass is 9.89. The summed E-state index contributed by atoms with van der Waals surface area (Å²) in [4.78, 5) is 13.5. The Balaban J connectivity index is 1.65. The van der Waals surface area contributed by atoms with Crippen molar-refractivity contribution in [3.05, 3.63) is 0 Å². The van der Waals surface area contributed by atoms with Gasteiger partial charge in [0.15, 0.2) is 0 Å². The molecular weight excluding hydrogens is 216 g/mol. The van der Waals surface area contributed by atoms with Gasteiger partial charge in [-0.25, -0.2) is 4.79 Å². The van der Waals surface area contributed by atoms with Gasteiger partial charge in [0.1, 0.15) is 5.60 Å². The summed E-state index contributed by atoms with van der Waals surface area (Å²) in [5, 5.41) is 13.0. The number of hydrogen-bond acceptors (Lipinski definition) is 2. The predicted molar refractivity (Wildman–Crippen MR) is 66.7 cm³/mol. The molecule has 0 aromatic heterocycles. The monoisotopic (exact) mass is 240 g/mol. The summed E-state index contributed by atoms with van der Waals surface area (Å²) in [5.74, 6) is 0.445. The number of likely N-dealkylation sites (tertiary alicyclic amines) is 1. The Morgan fingerprint density at radius 1 is 1.41 bits per heavy atom. The second-order valence-electron chi connectivity index (χ2n) is 6.78. The van der Waals surface area contributed by atoms with E-state index in [-0.39, 0.29) is 11.4 Å². The second kappa shape index (κ2) is 4.16. The van der Waals surface area contributed by atoms with Crippen molar-refractivity contribution < 1.29 is 9.90 Å². The van der Waals surface area contributed by atoms with Crippen molar-refractivity contribution in [2.45, 2.75) is 45.6 Å². The zero-order chi connectivity index (χ0) is 12.7. The molecule has 2 rings (SSSR count). The zero-order valence-electron chi connectivity index (χ0n) is 11.1. The Hall–Kier alpha value is -0.770. The molecule has 0 spiro atoms. The van der Waals surface area contributed by atoms with E-state index in [1.807, 2.05) is 0 Å². The molecule has 1 aliphatic carbocycles. The fraction of sp³-hybridized carbons (Fsp3) is 0.923. The van der Waals surface area contributed by atoms with E-state index in [1.54, 1.807) is 4.90 Å². The van der Waals surface area contributed by atoms with Gasteiger partial charge in [-0.2, -0.15) is 0 Å². The topological polar surface area (TPSA) is 52.6 Å². The molecule has 1 saturated carbocycles. The highest BCUT2D eigenvalue weighted by Gasteiger charge is 2.53. The van der Waals surface area contributed by atoms with Crippen LogP contribution in [0.1, 0.15) is 40.0 Å². The van der Waals surface area contributed by atoms with Crippen LogP contribution in [0.25, 0.3) is 0 Å². The molecule has 4 heteroatoms. The Morgan fingerprint density at radius 2 is 2.00 bits per heavy atom. The van der Waals surface area contributed by atoms with Gasteiger partial charge in [0.05, 0.1) is 13.1 Å². The number of hydrogen-bond donors (Lipinski definition) is 2. The van der Waals surface area contributed by atoms with Crippen molar-refractivity contribution >= 4 is 6.03 Å². The van der Waals surface area contributed by atoms with Gasteiger partial charge in [-0.1, -0.05) is 20.8 Å². The lowest BCUT2D eigenvalue weighted by Crippen LogP contribution is -2.66. The van der Waals surface area contributed by atoms with Crippen LogP contribution in [0.4, 0.5) is 4.79 Å². The van der Waals surface area contributed by atoms with Crippen LogP contribution in [0.15, 0.2) is 0 Å². The maximum atomic E-state index is 11.7. The van der Waals surface area contributed by atoms with E-state index in [1.165, 1.54) is 0 Å². The number of amides is 2. The third kappa shape index (κ3) is 3.12. The SMILES string of the molecule is CC(C)(C)CCNC(=O)N1CC(O)(C2CC2)C1. The third-order valence-electron chi connectivity index (χ3n) is 3.71. The minimum Gasteiger partial charge on any atom is -0.386 e. The standard InChI is InChI=1S/C13H24N2O2/c1-12(2,3)6-7-14-11(16)15-8-13(17,9-15)10-4-5-10/h10,17H,4-9H2,1-3H3,(H,14,16). The number of aliphatic hydroxyl groups is 1. The van der Waals surface area contributed by atoms with Gasteiger partial charge in [-0.3, -0.25) is 0 Å². The Kier molecular flexibility index (Phi) is 3.10. The van der Waals surface area contributed by atoms with Crippen LogP contribution < -0.4 is 5.32 Å². The van der Waals surface area contributed by atoms with Crippen molar-refractivity contribution in [2.24, 2.45) is 11.3 Å². The van der Waals surface area contributed by atoms with Gasteiger partial charge in [0, 0.05) is 6.54 Å². The van der Waals surface area contributed by atoms with Gasteiger partial charge < -0.3 is 15.3 Å². The van der Waals surface area contributed by atoms with Crippen molar-refractivity contribution in [3.63, 3.8) is 0 Å². The van der Waals surface area contributed by atoms with Crippen LogP contribution >= 0.6 is 0 Å². The summed E-state index contributed by atoms with van der Waals surface area (Å²) in [7, 11) is 0. The molecule has 0 unspecified atom stereocenters. The number of urea groups is 1. The second-order valence-corrected chi connectivity index (χ2v) is 6.78. The van der Waals surface area contributed by atoms with Crippen molar-refractivity contribution in [1.82, 2.24) is 10.2 Å². The number of carbonyl (C=O) groups is 1. The Morgan fingerprint density at radius 3 is 2.47 bits per heavy atom. The molecule has 17 heavy (non-hydrogen) atoms. The van der Waals surface area contributed by atoms with Crippen molar-refractivity contribution in [1.29, 1.82) is 0 Å². The molecule has 2 N–H and O–H groups in total. The van der Waals surface area contributed by atoms with E-state index in [9.17, 15) is 9.90 Å². The zero-order valence-corrected chi connectivity index (χ0v) is 11.1. The molecule has 0 aromatic carbocycles. The van der Waals surface area contributed by atoms with Crippen LogP contribution in [0.2, 0.25) is 0 Å². The first kappa shape index (κ1) is 12.7. The van der Waals surface area contributed by atoms with Gasteiger partial charge in [-0.05, 0) is 30.6 Å². The molecule has 1 heterocycles. The van der Waals surface area contributed by atoms with Crippen molar-refractivity contribution in [3.8, 4) is 0 Å². The molecule has 0 atom stereocenters. The summed E-state index contributed by atoms with van der Waals surface area (Å²) >= 11 is 0. The molecule has 2 amide bonds. The van der Waals surface area contributed by atoms with Gasteiger partial charge in [0.25, 0.3) is 0 Å². The summed E-state index contributed by atoms with van der Waals surface area (Å²) in [6, 6.07) is -0.0282. The molecule has 0 bridgehead atoms. The highest BCUT2D eigenvalue weighted by molar-refractivity contribution is 5.75. The van der Waals surface area contributed by atoms with Crippen LogP contribution in [0, 0.1) is 11.3 Å². The average molecular weight is 240 g/mol. The van der Waals surface area contributed by atoms with E-state index < -0.39 is 5.60 Å².